The topological polar surface area (TPSA) is 88.1 Å². The fraction of sp³-hybridized carbons (Fsp3) is 0.333. The molecule has 2 aromatic carbocycles. The number of likely N-dealkylation sites (tertiary alicyclic amines) is 1. The molecular weight excluding hydrogens is 360 g/mol. The molecule has 0 radical (unpaired) electrons. The lowest BCUT2D eigenvalue weighted by atomic mass is 10.1. The number of carboxylic acid groups (broad SMARTS) is 1. The van der Waals surface area contributed by atoms with E-state index in [0.717, 1.165) is 11.1 Å². The van der Waals surface area contributed by atoms with E-state index in [4.69, 9.17) is 14.6 Å². The summed E-state index contributed by atoms with van der Waals surface area (Å²) in [5, 5.41) is 11.8. The van der Waals surface area contributed by atoms with Crippen molar-refractivity contribution in [3.63, 3.8) is 0 Å². The fourth-order valence-corrected chi connectivity index (χ4v) is 3.05. The Bertz CT molecular complexity index is 794. The average molecular weight is 384 g/mol. The van der Waals surface area contributed by atoms with Crippen LogP contribution in [-0.4, -0.2) is 41.4 Å². The van der Waals surface area contributed by atoms with Gasteiger partial charge in [0.15, 0.2) is 0 Å². The number of nitrogens with one attached hydrogen (secondary N) is 1. The Labute approximate surface area is 163 Å². The van der Waals surface area contributed by atoms with Gasteiger partial charge in [-0.2, -0.15) is 0 Å². The number of ether oxygens (including phenoxy) is 2. The van der Waals surface area contributed by atoms with Crippen molar-refractivity contribution in [2.75, 3.05) is 13.1 Å². The van der Waals surface area contributed by atoms with Gasteiger partial charge in [-0.3, -0.25) is 0 Å². The Morgan fingerprint density at radius 2 is 1.89 bits per heavy atom. The monoisotopic (exact) mass is 384 g/mol. The zero-order chi connectivity index (χ0) is 19.9. The molecule has 28 heavy (non-hydrogen) atoms. The van der Waals surface area contributed by atoms with Gasteiger partial charge >= 0.3 is 12.2 Å². The summed E-state index contributed by atoms with van der Waals surface area (Å²) in [6, 6.07) is 16.7. The van der Waals surface area contributed by atoms with Crippen molar-refractivity contribution in [3.05, 3.63) is 65.7 Å². The highest BCUT2D eigenvalue weighted by atomic mass is 16.5. The highest BCUT2D eigenvalue weighted by Crippen LogP contribution is 2.21. The summed E-state index contributed by atoms with van der Waals surface area (Å²) in [6.07, 6.45) is -0.846. The minimum Gasteiger partial charge on any atom is -0.489 e. The number of alkyl carbamates (subject to hydrolysis) is 1. The summed E-state index contributed by atoms with van der Waals surface area (Å²) in [4.78, 5) is 24.3. The van der Waals surface area contributed by atoms with Gasteiger partial charge in [-0.05, 0) is 30.2 Å². The molecule has 1 aliphatic heterocycles. The molecule has 0 saturated carbocycles. The molecule has 0 aromatic heterocycles. The third-order valence-corrected chi connectivity index (χ3v) is 4.65. The van der Waals surface area contributed by atoms with Crippen LogP contribution in [-0.2, 0) is 11.3 Å². The van der Waals surface area contributed by atoms with Gasteiger partial charge in [0.25, 0.3) is 0 Å². The van der Waals surface area contributed by atoms with Crippen LogP contribution < -0.4 is 10.1 Å². The maximum atomic E-state index is 12.0. The molecule has 7 nitrogen and oxygen atoms in total. The van der Waals surface area contributed by atoms with Crippen LogP contribution in [0.2, 0.25) is 0 Å². The summed E-state index contributed by atoms with van der Waals surface area (Å²) in [7, 11) is 0. The third kappa shape index (κ3) is 5.39. The maximum absolute atomic E-state index is 12.0. The highest BCUT2D eigenvalue weighted by Gasteiger charge is 2.27. The van der Waals surface area contributed by atoms with E-state index in [1.165, 1.54) is 4.90 Å². The van der Waals surface area contributed by atoms with Gasteiger partial charge in [0.1, 0.15) is 18.5 Å². The maximum Gasteiger partial charge on any atom is 0.407 e. The second-order valence-corrected chi connectivity index (χ2v) is 6.75. The zero-order valence-electron chi connectivity index (χ0n) is 15.7. The number of rotatable bonds is 6. The second-order valence-electron chi connectivity index (χ2n) is 6.75. The molecular formula is C21H24N2O5. The number of carbonyl (C=O) groups is 2. The molecule has 0 spiro atoms. The number of benzene rings is 2. The van der Waals surface area contributed by atoms with Crippen LogP contribution in [0.1, 0.15) is 30.5 Å². The van der Waals surface area contributed by atoms with Crippen molar-refractivity contribution in [1.29, 1.82) is 0 Å². The normalized spacial score (nSPS) is 17.0. The predicted molar refractivity (Wildman–Crippen MR) is 103 cm³/mol. The molecule has 2 amide bonds. The SMILES string of the molecule is C[C@H](NC(=O)OCc1ccccc1)c1ccc(OC2CCN(C(=O)O)C2)cc1. The van der Waals surface area contributed by atoms with Crippen LogP contribution >= 0.6 is 0 Å². The van der Waals surface area contributed by atoms with Gasteiger partial charge in [0.2, 0.25) is 0 Å². The number of hydrogen-bond donors (Lipinski definition) is 2. The van der Waals surface area contributed by atoms with E-state index in [1.807, 2.05) is 61.5 Å². The molecule has 0 aliphatic carbocycles. The smallest absolute Gasteiger partial charge is 0.407 e. The Morgan fingerprint density at radius 3 is 2.54 bits per heavy atom. The van der Waals surface area contributed by atoms with Crippen LogP contribution in [0.5, 0.6) is 5.75 Å². The molecule has 3 rings (SSSR count). The van der Waals surface area contributed by atoms with Gasteiger partial charge in [-0.1, -0.05) is 42.5 Å². The molecule has 148 valence electrons. The Morgan fingerprint density at radius 1 is 1.18 bits per heavy atom. The quantitative estimate of drug-likeness (QED) is 0.791. The number of carbonyl (C=O) groups excluding carboxylic acids is 1. The summed E-state index contributed by atoms with van der Waals surface area (Å²) < 4.78 is 11.1. The Kier molecular flexibility index (Phi) is 6.37. The molecule has 7 heteroatoms. The number of amides is 2. The van der Waals surface area contributed by atoms with Crippen LogP contribution in [0.15, 0.2) is 54.6 Å². The number of nitrogens with zero attached hydrogens (tertiary/aromatic N) is 1. The Balaban J connectivity index is 1.46. The van der Waals surface area contributed by atoms with E-state index in [1.54, 1.807) is 0 Å². The van der Waals surface area contributed by atoms with E-state index >= 15 is 0 Å². The average Bonchev–Trinajstić information content (AvgIpc) is 3.16. The first-order chi connectivity index (χ1) is 13.5. The second kappa shape index (κ2) is 9.12. The highest BCUT2D eigenvalue weighted by molar-refractivity contribution is 5.68. The lowest BCUT2D eigenvalue weighted by Crippen LogP contribution is -2.29. The Hall–Kier alpha value is -3.22. The van der Waals surface area contributed by atoms with Crippen molar-refractivity contribution < 1.29 is 24.2 Å². The van der Waals surface area contributed by atoms with E-state index in [-0.39, 0.29) is 18.8 Å². The van der Waals surface area contributed by atoms with E-state index in [9.17, 15) is 9.59 Å². The lowest BCUT2D eigenvalue weighted by molar-refractivity contribution is 0.136. The van der Waals surface area contributed by atoms with E-state index < -0.39 is 12.2 Å². The zero-order valence-corrected chi connectivity index (χ0v) is 15.7. The first-order valence-electron chi connectivity index (χ1n) is 9.23. The largest absolute Gasteiger partial charge is 0.489 e. The van der Waals surface area contributed by atoms with Crippen molar-refractivity contribution in [2.45, 2.75) is 32.1 Å². The minimum absolute atomic E-state index is 0.134. The molecule has 1 saturated heterocycles. The lowest BCUT2D eigenvalue weighted by Gasteiger charge is -2.17. The van der Waals surface area contributed by atoms with Crippen LogP contribution in [0.3, 0.4) is 0 Å². The van der Waals surface area contributed by atoms with E-state index in [0.29, 0.717) is 25.3 Å². The summed E-state index contributed by atoms with van der Waals surface area (Å²) >= 11 is 0. The van der Waals surface area contributed by atoms with Gasteiger partial charge in [-0.25, -0.2) is 9.59 Å². The van der Waals surface area contributed by atoms with E-state index in [2.05, 4.69) is 5.32 Å². The van der Waals surface area contributed by atoms with Crippen LogP contribution in [0.25, 0.3) is 0 Å². The van der Waals surface area contributed by atoms with Crippen LogP contribution in [0, 0.1) is 0 Å². The minimum atomic E-state index is -0.916. The predicted octanol–water partition coefficient (Wildman–Crippen LogP) is 3.81. The summed E-state index contributed by atoms with van der Waals surface area (Å²) in [5.74, 6) is 0.680. The first-order valence-corrected chi connectivity index (χ1v) is 9.23. The van der Waals surface area contributed by atoms with Gasteiger partial charge in [0.05, 0.1) is 12.6 Å². The molecule has 1 unspecified atom stereocenters. The van der Waals surface area contributed by atoms with Crippen LogP contribution in [0.4, 0.5) is 9.59 Å². The molecule has 1 fully saturated rings. The van der Waals surface area contributed by atoms with Crippen molar-refractivity contribution in [3.8, 4) is 5.75 Å². The van der Waals surface area contributed by atoms with Crippen molar-refractivity contribution in [2.24, 2.45) is 0 Å². The molecule has 0 bridgehead atoms. The van der Waals surface area contributed by atoms with Gasteiger partial charge in [0, 0.05) is 13.0 Å². The fourth-order valence-electron chi connectivity index (χ4n) is 3.05. The summed E-state index contributed by atoms with van der Waals surface area (Å²) in [5.41, 5.74) is 1.85. The van der Waals surface area contributed by atoms with Crippen molar-refractivity contribution in [1.82, 2.24) is 10.2 Å². The summed E-state index contributed by atoms with van der Waals surface area (Å²) in [6.45, 7) is 2.97. The number of hydrogen-bond acceptors (Lipinski definition) is 4. The molecule has 2 N–H and O–H groups in total. The van der Waals surface area contributed by atoms with Gasteiger partial charge < -0.3 is 24.8 Å². The first kappa shape index (κ1) is 19.5. The van der Waals surface area contributed by atoms with Gasteiger partial charge in [-0.15, -0.1) is 0 Å². The molecule has 2 aromatic rings. The molecule has 1 heterocycles. The molecule has 1 aliphatic rings. The van der Waals surface area contributed by atoms with Crippen molar-refractivity contribution >= 4 is 12.2 Å². The third-order valence-electron chi connectivity index (χ3n) is 4.65. The molecule has 2 atom stereocenters. The standard InChI is InChI=1S/C21H24N2O5/c1-15(22-20(24)27-14-16-5-3-2-4-6-16)17-7-9-18(10-8-17)28-19-11-12-23(13-19)21(25)26/h2-10,15,19H,11-14H2,1H3,(H,22,24)(H,25,26)/t15-,19?/m0/s1.